The first kappa shape index (κ1) is 18.4. The summed E-state index contributed by atoms with van der Waals surface area (Å²) in [6.07, 6.45) is 2.94. The Morgan fingerprint density at radius 2 is 2.00 bits per heavy atom. The third-order valence-electron chi connectivity index (χ3n) is 4.11. The van der Waals surface area contributed by atoms with Crippen LogP contribution in [0.5, 0.6) is 0 Å². The fourth-order valence-corrected chi connectivity index (χ4v) is 2.93. The molecule has 0 amide bonds. The summed E-state index contributed by atoms with van der Waals surface area (Å²) in [6, 6.07) is 0. The third-order valence-corrected chi connectivity index (χ3v) is 4.11. The summed E-state index contributed by atoms with van der Waals surface area (Å²) >= 11 is 0. The van der Waals surface area contributed by atoms with Crippen LogP contribution < -0.4 is 5.32 Å². The molecule has 0 spiro atoms. The fourth-order valence-electron chi connectivity index (χ4n) is 2.93. The van der Waals surface area contributed by atoms with Crippen LogP contribution in [-0.2, 0) is 9.53 Å². The van der Waals surface area contributed by atoms with E-state index in [2.05, 4.69) is 19.2 Å². The zero-order valence-corrected chi connectivity index (χ0v) is 13.6. The first-order chi connectivity index (χ1) is 9.86. The summed E-state index contributed by atoms with van der Waals surface area (Å²) in [4.78, 5) is 11.7. The van der Waals surface area contributed by atoms with E-state index in [0.717, 1.165) is 6.42 Å². The van der Waals surface area contributed by atoms with Gasteiger partial charge in [-0.15, -0.1) is 0 Å². The molecule has 0 saturated heterocycles. The quantitative estimate of drug-likeness (QED) is 0.592. The molecule has 21 heavy (non-hydrogen) atoms. The summed E-state index contributed by atoms with van der Waals surface area (Å²) < 4.78 is 5.03. The number of esters is 1. The lowest BCUT2D eigenvalue weighted by molar-refractivity contribution is -0.151. The summed E-state index contributed by atoms with van der Waals surface area (Å²) in [5.41, 5.74) is -0.763. The summed E-state index contributed by atoms with van der Waals surface area (Å²) in [6.45, 7) is 7.35. The van der Waals surface area contributed by atoms with Crippen molar-refractivity contribution in [2.75, 3.05) is 19.7 Å². The van der Waals surface area contributed by atoms with E-state index >= 15 is 0 Å². The molecular formula is C16H31NO4. The van der Waals surface area contributed by atoms with Gasteiger partial charge in [-0.2, -0.15) is 0 Å². The van der Waals surface area contributed by atoms with Crippen molar-refractivity contribution in [3.05, 3.63) is 0 Å². The Morgan fingerprint density at radius 1 is 1.38 bits per heavy atom. The minimum absolute atomic E-state index is 0.0724. The number of ether oxygens (including phenoxy) is 1. The van der Waals surface area contributed by atoms with Gasteiger partial charge in [-0.05, 0) is 44.9 Å². The first-order valence-electron chi connectivity index (χ1n) is 8.14. The van der Waals surface area contributed by atoms with Crippen molar-refractivity contribution in [2.45, 2.75) is 64.6 Å². The van der Waals surface area contributed by atoms with E-state index in [9.17, 15) is 15.0 Å². The highest BCUT2D eigenvalue weighted by Crippen LogP contribution is 2.32. The molecule has 0 aromatic heterocycles. The second-order valence-corrected chi connectivity index (χ2v) is 6.66. The minimum Gasteiger partial charge on any atom is -0.466 e. The average Bonchev–Trinajstić information content (AvgIpc) is 2.38. The summed E-state index contributed by atoms with van der Waals surface area (Å²) in [5, 5.41) is 23.5. The van der Waals surface area contributed by atoms with Gasteiger partial charge < -0.3 is 20.3 Å². The van der Waals surface area contributed by atoms with Crippen molar-refractivity contribution in [1.82, 2.24) is 5.32 Å². The maximum atomic E-state index is 11.7. The number of carbonyl (C=O) groups excluding carboxylic acids is 1. The van der Waals surface area contributed by atoms with Gasteiger partial charge in [-0.3, -0.25) is 4.79 Å². The standard InChI is InChI=1S/C16H31NO4/c1-4-21-15(19)13-5-7-16(20,8-6-13)11-17-10-14(18)9-12(2)3/h12-14,17-18,20H,4-11H2,1-3H3. The molecule has 0 heterocycles. The second-order valence-electron chi connectivity index (χ2n) is 6.66. The van der Waals surface area contributed by atoms with Crippen LogP contribution in [0.25, 0.3) is 0 Å². The van der Waals surface area contributed by atoms with Gasteiger partial charge in [0.2, 0.25) is 0 Å². The average molecular weight is 301 g/mol. The van der Waals surface area contributed by atoms with Gasteiger partial charge in [0.1, 0.15) is 0 Å². The Hall–Kier alpha value is -0.650. The number of hydrogen-bond acceptors (Lipinski definition) is 5. The SMILES string of the molecule is CCOC(=O)C1CCC(O)(CNCC(O)CC(C)C)CC1. The Bertz CT molecular complexity index is 311. The van der Waals surface area contributed by atoms with Gasteiger partial charge >= 0.3 is 5.97 Å². The Balaban J connectivity index is 2.26. The van der Waals surface area contributed by atoms with Crippen molar-refractivity contribution in [1.29, 1.82) is 0 Å². The summed E-state index contributed by atoms with van der Waals surface area (Å²) in [5.74, 6) is 0.251. The Morgan fingerprint density at radius 3 is 2.52 bits per heavy atom. The molecule has 0 radical (unpaired) electrons. The molecule has 1 aliphatic carbocycles. The highest BCUT2D eigenvalue weighted by molar-refractivity contribution is 5.72. The molecule has 1 rings (SSSR count). The highest BCUT2D eigenvalue weighted by Gasteiger charge is 2.36. The van der Waals surface area contributed by atoms with Gasteiger partial charge in [0, 0.05) is 13.1 Å². The van der Waals surface area contributed by atoms with Crippen molar-refractivity contribution >= 4 is 5.97 Å². The van der Waals surface area contributed by atoms with E-state index < -0.39 is 5.60 Å². The Kier molecular flexibility index (Phi) is 7.63. The molecule has 1 unspecified atom stereocenters. The molecule has 124 valence electrons. The number of hydrogen-bond donors (Lipinski definition) is 3. The molecule has 0 aliphatic heterocycles. The maximum Gasteiger partial charge on any atom is 0.308 e. The smallest absolute Gasteiger partial charge is 0.308 e. The van der Waals surface area contributed by atoms with E-state index in [1.807, 2.05) is 6.92 Å². The van der Waals surface area contributed by atoms with Crippen LogP contribution in [0, 0.1) is 11.8 Å². The van der Waals surface area contributed by atoms with Gasteiger partial charge in [0.15, 0.2) is 0 Å². The molecule has 1 aliphatic rings. The largest absolute Gasteiger partial charge is 0.466 e. The predicted octanol–water partition coefficient (Wildman–Crippen LogP) is 1.47. The molecule has 5 nitrogen and oxygen atoms in total. The van der Waals surface area contributed by atoms with E-state index in [0.29, 0.717) is 51.3 Å². The zero-order valence-electron chi connectivity index (χ0n) is 13.6. The highest BCUT2D eigenvalue weighted by atomic mass is 16.5. The van der Waals surface area contributed by atoms with E-state index in [1.165, 1.54) is 0 Å². The van der Waals surface area contributed by atoms with Gasteiger partial charge in [-0.25, -0.2) is 0 Å². The van der Waals surface area contributed by atoms with Gasteiger partial charge in [-0.1, -0.05) is 13.8 Å². The normalized spacial score (nSPS) is 27.6. The molecule has 0 bridgehead atoms. The first-order valence-corrected chi connectivity index (χ1v) is 8.14. The van der Waals surface area contributed by atoms with Crippen molar-refractivity contribution in [2.24, 2.45) is 11.8 Å². The van der Waals surface area contributed by atoms with Crippen molar-refractivity contribution in [3.8, 4) is 0 Å². The van der Waals surface area contributed by atoms with Gasteiger partial charge in [0.05, 0.1) is 24.2 Å². The van der Waals surface area contributed by atoms with E-state index in [-0.39, 0.29) is 18.0 Å². The predicted molar refractivity (Wildman–Crippen MR) is 81.9 cm³/mol. The van der Waals surface area contributed by atoms with Crippen LogP contribution >= 0.6 is 0 Å². The molecule has 1 atom stereocenters. The summed E-state index contributed by atoms with van der Waals surface area (Å²) in [7, 11) is 0. The van der Waals surface area contributed by atoms with Crippen molar-refractivity contribution < 1.29 is 19.7 Å². The van der Waals surface area contributed by atoms with Crippen molar-refractivity contribution in [3.63, 3.8) is 0 Å². The van der Waals surface area contributed by atoms with E-state index in [1.54, 1.807) is 0 Å². The number of nitrogens with one attached hydrogen (secondary N) is 1. The number of aliphatic hydroxyl groups excluding tert-OH is 1. The second kappa shape index (κ2) is 8.71. The number of aliphatic hydroxyl groups is 2. The Labute approximate surface area is 128 Å². The van der Waals surface area contributed by atoms with Crippen LogP contribution in [0.4, 0.5) is 0 Å². The molecule has 1 saturated carbocycles. The molecule has 1 fully saturated rings. The van der Waals surface area contributed by atoms with Crippen LogP contribution in [0.15, 0.2) is 0 Å². The molecule has 0 aromatic carbocycles. The third kappa shape index (κ3) is 6.76. The van der Waals surface area contributed by atoms with Crippen LogP contribution in [0.1, 0.15) is 52.9 Å². The molecule has 5 heteroatoms. The molecule has 3 N–H and O–H groups in total. The molecule has 0 aromatic rings. The fraction of sp³-hybridized carbons (Fsp3) is 0.938. The minimum atomic E-state index is -0.763. The maximum absolute atomic E-state index is 11.7. The lowest BCUT2D eigenvalue weighted by atomic mass is 9.78. The monoisotopic (exact) mass is 301 g/mol. The van der Waals surface area contributed by atoms with E-state index in [4.69, 9.17) is 4.74 Å². The molecular weight excluding hydrogens is 270 g/mol. The lowest BCUT2D eigenvalue weighted by Gasteiger charge is -2.35. The topological polar surface area (TPSA) is 78.8 Å². The lowest BCUT2D eigenvalue weighted by Crippen LogP contribution is -2.46. The van der Waals surface area contributed by atoms with Crippen LogP contribution in [0.3, 0.4) is 0 Å². The zero-order chi connectivity index (χ0) is 15.9. The number of rotatable bonds is 8. The number of carbonyl (C=O) groups is 1. The van der Waals surface area contributed by atoms with Crippen LogP contribution in [-0.4, -0.2) is 47.6 Å². The van der Waals surface area contributed by atoms with Gasteiger partial charge in [0.25, 0.3) is 0 Å². The van der Waals surface area contributed by atoms with Crippen LogP contribution in [0.2, 0.25) is 0 Å².